The van der Waals surface area contributed by atoms with Crippen molar-refractivity contribution in [1.82, 2.24) is 4.31 Å². The fraction of sp³-hybridized carbons (Fsp3) is 0.312. The molecule has 5 nitrogen and oxygen atoms in total. The van der Waals surface area contributed by atoms with Gasteiger partial charge in [0.1, 0.15) is 22.2 Å². The van der Waals surface area contributed by atoms with Crippen LogP contribution in [-0.4, -0.2) is 31.8 Å². The van der Waals surface area contributed by atoms with Crippen LogP contribution in [0.4, 0.5) is 4.39 Å². The Kier molecular flexibility index (Phi) is 4.98. The van der Waals surface area contributed by atoms with Crippen molar-refractivity contribution in [2.24, 2.45) is 0 Å². The van der Waals surface area contributed by atoms with E-state index in [-0.39, 0.29) is 21.9 Å². The predicted octanol–water partition coefficient (Wildman–Crippen LogP) is 3.03. The van der Waals surface area contributed by atoms with Gasteiger partial charge in [-0.15, -0.1) is 11.3 Å². The summed E-state index contributed by atoms with van der Waals surface area (Å²) in [6, 6.07) is 7.38. The zero-order chi connectivity index (χ0) is 17.2. The lowest BCUT2D eigenvalue weighted by Gasteiger charge is -2.15. The normalized spacial score (nSPS) is 15.5. The molecule has 1 aromatic heterocycles. The first-order chi connectivity index (χ1) is 11.5. The summed E-state index contributed by atoms with van der Waals surface area (Å²) in [5.41, 5.74) is 0.242. The fourth-order valence-corrected chi connectivity index (χ4v) is 5.34. The summed E-state index contributed by atoms with van der Waals surface area (Å²) in [6.45, 7) is 0.677. The molecular weight excluding hydrogens is 353 g/mol. The van der Waals surface area contributed by atoms with Crippen LogP contribution in [0.3, 0.4) is 0 Å². The first-order valence-electron chi connectivity index (χ1n) is 7.48. The molecule has 24 heavy (non-hydrogen) atoms. The minimum atomic E-state index is -3.69. The van der Waals surface area contributed by atoms with Crippen LogP contribution >= 0.6 is 11.3 Å². The number of thiophene rings is 1. The molecule has 0 atom stereocenters. The lowest BCUT2D eigenvalue weighted by molar-refractivity contribution is 0.0470. The van der Waals surface area contributed by atoms with E-state index in [1.54, 1.807) is 17.5 Å². The number of rotatable bonds is 5. The number of hydrogen-bond acceptors (Lipinski definition) is 5. The quantitative estimate of drug-likeness (QED) is 0.760. The second kappa shape index (κ2) is 7.00. The highest BCUT2D eigenvalue weighted by molar-refractivity contribution is 7.89. The number of sulfonamides is 1. The SMILES string of the molecule is O=C(OCc1ccccc1F)c1sccc1S(=O)(=O)N1CCCC1. The van der Waals surface area contributed by atoms with E-state index in [1.807, 2.05) is 0 Å². The molecule has 0 radical (unpaired) electrons. The maximum Gasteiger partial charge on any atom is 0.350 e. The molecule has 0 saturated carbocycles. The number of benzene rings is 1. The van der Waals surface area contributed by atoms with E-state index in [0.29, 0.717) is 13.1 Å². The summed E-state index contributed by atoms with van der Waals surface area (Å²) in [6.07, 6.45) is 1.63. The number of carbonyl (C=O) groups is 1. The van der Waals surface area contributed by atoms with Crippen LogP contribution in [0.2, 0.25) is 0 Å². The second-order valence-corrected chi connectivity index (χ2v) is 8.22. The molecule has 1 aliphatic heterocycles. The van der Waals surface area contributed by atoms with Gasteiger partial charge in [0, 0.05) is 18.7 Å². The van der Waals surface area contributed by atoms with Gasteiger partial charge in [0.15, 0.2) is 0 Å². The third-order valence-corrected chi connectivity index (χ3v) is 6.78. The van der Waals surface area contributed by atoms with E-state index in [2.05, 4.69) is 0 Å². The van der Waals surface area contributed by atoms with Crippen molar-refractivity contribution in [3.05, 3.63) is 52.0 Å². The minimum Gasteiger partial charge on any atom is -0.456 e. The summed E-state index contributed by atoms with van der Waals surface area (Å²) in [5, 5.41) is 1.54. The average molecular weight is 369 g/mol. The molecule has 128 valence electrons. The number of nitrogens with zero attached hydrogens (tertiary/aromatic N) is 1. The maximum atomic E-state index is 13.6. The molecule has 1 saturated heterocycles. The lowest BCUT2D eigenvalue weighted by Crippen LogP contribution is -2.28. The molecule has 0 bridgehead atoms. The average Bonchev–Trinajstić information content (AvgIpc) is 3.25. The van der Waals surface area contributed by atoms with Crippen LogP contribution < -0.4 is 0 Å². The molecule has 3 rings (SSSR count). The summed E-state index contributed by atoms with van der Waals surface area (Å²) < 4.78 is 45.3. The maximum absolute atomic E-state index is 13.6. The van der Waals surface area contributed by atoms with E-state index in [4.69, 9.17) is 4.74 Å². The van der Waals surface area contributed by atoms with Gasteiger partial charge < -0.3 is 4.74 Å². The van der Waals surface area contributed by atoms with Crippen molar-refractivity contribution in [2.45, 2.75) is 24.3 Å². The van der Waals surface area contributed by atoms with Crippen LogP contribution in [0.5, 0.6) is 0 Å². The molecule has 1 aromatic carbocycles. The van der Waals surface area contributed by atoms with E-state index < -0.39 is 21.8 Å². The summed E-state index contributed by atoms with van der Waals surface area (Å²) in [7, 11) is -3.69. The Labute approximate surface area is 143 Å². The number of esters is 1. The van der Waals surface area contributed by atoms with Gasteiger partial charge in [-0.05, 0) is 30.4 Å². The molecule has 0 N–H and O–H groups in total. The molecule has 8 heteroatoms. The number of hydrogen-bond donors (Lipinski definition) is 0. The lowest BCUT2D eigenvalue weighted by atomic mass is 10.2. The van der Waals surface area contributed by atoms with Gasteiger partial charge in [0.2, 0.25) is 10.0 Å². The first-order valence-corrected chi connectivity index (χ1v) is 9.80. The molecule has 2 aromatic rings. The van der Waals surface area contributed by atoms with Crippen molar-refractivity contribution in [2.75, 3.05) is 13.1 Å². The van der Waals surface area contributed by atoms with E-state index in [0.717, 1.165) is 24.2 Å². The largest absolute Gasteiger partial charge is 0.456 e. The standard InChI is InChI=1S/C16H16FNO4S2/c17-13-6-2-1-5-12(13)11-22-16(19)15-14(7-10-23-15)24(20,21)18-8-3-4-9-18/h1-2,5-7,10H,3-4,8-9,11H2. The molecule has 0 amide bonds. The summed E-state index contributed by atoms with van der Waals surface area (Å²) in [5.74, 6) is -1.23. The molecule has 0 aliphatic carbocycles. The molecule has 0 spiro atoms. The molecule has 1 aliphatic rings. The van der Waals surface area contributed by atoms with Gasteiger partial charge in [-0.1, -0.05) is 18.2 Å². The zero-order valence-electron chi connectivity index (χ0n) is 12.8. The highest BCUT2D eigenvalue weighted by atomic mass is 32.2. The Bertz CT molecular complexity index is 841. The topological polar surface area (TPSA) is 63.7 Å². The van der Waals surface area contributed by atoms with Crippen LogP contribution in [0, 0.1) is 5.82 Å². The van der Waals surface area contributed by atoms with Crippen LogP contribution in [0.25, 0.3) is 0 Å². The molecule has 1 fully saturated rings. The molecular formula is C16H16FNO4S2. The Morgan fingerprint density at radius 3 is 2.62 bits per heavy atom. The van der Waals surface area contributed by atoms with Crippen LogP contribution in [0.15, 0.2) is 40.6 Å². The second-order valence-electron chi connectivity index (χ2n) is 5.39. The van der Waals surface area contributed by atoms with Gasteiger partial charge in [0.25, 0.3) is 0 Å². The Morgan fingerprint density at radius 2 is 1.92 bits per heavy atom. The van der Waals surface area contributed by atoms with Crippen LogP contribution in [-0.2, 0) is 21.4 Å². The monoisotopic (exact) mass is 369 g/mol. The summed E-state index contributed by atoms with van der Waals surface area (Å²) in [4.78, 5) is 12.2. The van der Waals surface area contributed by atoms with Crippen molar-refractivity contribution < 1.29 is 22.3 Å². The van der Waals surface area contributed by atoms with E-state index >= 15 is 0 Å². The zero-order valence-corrected chi connectivity index (χ0v) is 14.4. The number of ether oxygens (including phenoxy) is 1. The third kappa shape index (κ3) is 3.35. The fourth-order valence-electron chi connectivity index (χ4n) is 2.54. The van der Waals surface area contributed by atoms with Crippen molar-refractivity contribution in [1.29, 1.82) is 0 Å². The Balaban J connectivity index is 1.77. The van der Waals surface area contributed by atoms with Gasteiger partial charge in [0.05, 0.1) is 0 Å². The van der Waals surface area contributed by atoms with E-state index in [1.165, 1.54) is 22.5 Å². The number of carbonyl (C=O) groups excluding carboxylic acids is 1. The van der Waals surface area contributed by atoms with Gasteiger partial charge in [-0.3, -0.25) is 0 Å². The third-order valence-electron chi connectivity index (χ3n) is 3.81. The Hall–Kier alpha value is -1.77. The minimum absolute atomic E-state index is 0.0261. The van der Waals surface area contributed by atoms with E-state index in [9.17, 15) is 17.6 Å². The first kappa shape index (κ1) is 17.1. The van der Waals surface area contributed by atoms with Crippen molar-refractivity contribution >= 4 is 27.3 Å². The Morgan fingerprint density at radius 1 is 1.21 bits per heavy atom. The van der Waals surface area contributed by atoms with Gasteiger partial charge >= 0.3 is 5.97 Å². The molecule has 2 heterocycles. The van der Waals surface area contributed by atoms with Gasteiger partial charge in [-0.25, -0.2) is 17.6 Å². The molecule has 0 unspecified atom stereocenters. The number of halogens is 1. The van der Waals surface area contributed by atoms with Crippen molar-refractivity contribution in [3.8, 4) is 0 Å². The highest BCUT2D eigenvalue weighted by Gasteiger charge is 2.32. The highest BCUT2D eigenvalue weighted by Crippen LogP contribution is 2.28. The predicted molar refractivity (Wildman–Crippen MR) is 87.8 cm³/mol. The van der Waals surface area contributed by atoms with Crippen LogP contribution in [0.1, 0.15) is 28.1 Å². The smallest absolute Gasteiger partial charge is 0.350 e. The van der Waals surface area contributed by atoms with Gasteiger partial charge in [-0.2, -0.15) is 4.31 Å². The van der Waals surface area contributed by atoms with Crippen molar-refractivity contribution in [3.63, 3.8) is 0 Å². The summed E-state index contributed by atoms with van der Waals surface area (Å²) >= 11 is 1.01.